The van der Waals surface area contributed by atoms with Gasteiger partial charge in [-0.05, 0) is 38.3 Å². The Morgan fingerprint density at radius 3 is 2.81 bits per heavy atom. The van der Waals surface area contributed by atoms with Gasteiger partial charge in [0, 0.05) is 18.2 Å². The lowest BCUT2D eigenvalue weighted by Gasteiger charge is -2.14. The Labute approximate surface area is 131 Å². The van der Waals surface area contributed by atoms with Gasteiger partial charge in [0.2, 0.25) is 0 Å². The number of carbonyl (C=O) groups excluding carboxylic acids is 1. The lowest BCUT2D eigenvalue weighted by molar-refractivity contribution is 0.104. The summed E-state index contributed by atoms with van der Waals surface area (Å²) in [6.07, 6.45) is 3.92. The lowest BCUT2D eigenvalue weighted by atomic mass is 10.0. The fourth-order valence-corrected chi connectivity index (χ4v) is 3.07. The van der Waals surface area contributed by atoms with Crippen LogP contribution in [0.25, 0.3) is 0 Å². The van der Waals surface area contributed by atoms with Crippen molar-refractivity contribution < 1.29 is 4.79 Å². The molecular weight excluding hydrogens is 280 g/mol. The van der Waals surface area contributed by atoms with Crippen molar-refractivity contribution in [2.24, 2.45) is 5.10 Å². The quantitative estimate of drug-likeness (QED) is 0.592. The summed E-state index contributed by atoms with van der Waals surface area (Å²) < 4.78 is 0. The number of allylic oxidation sites excluding steroid dienone is 1. The lowest BCUT2D eigenvalue weighted by Crippen LogP contribution is -2.14. The van der Waals surface area contributed by atoms with Gasteiger partial charge in [0.05, 0.1) is 5.04 Å². The molecule has 0 aliphatic carbocycles. The summed E-state index contributed by atoms with van der Waals surface area (Å²) >= 11 is 1.57. The largest absolute Gasteiger partial charge is 0.289 e. The second-order valence-corrected chi connectivity index (χ2v) is 6.51. The Morgan fingerprint density at radius 2 is 2.10 bits per heavy atom. The van der Waals surface area contributed by atoms with Gasteiger partial charge >= 0.3 is 0 Å². The Balaban J connectivity index is 2.22. The zero-order valence-corrected chi connectivity index (χ0v) is 14.0. The second kappa shape index (κ2) is 6.94. The Hall–Kier alpha value is -1.55. The summed E-state index contributed by atoms with van der Waals surface area (Å²) in [6, 6.07) is 5.86. The van der Waals surface area contributed by atoms with Crippen LogP contribution in [0.5, 0.6) is 0 Å². The number of hydrazone groups is 1. The van der Waals surface area contributed by atoms with Crippen LogP contribution < -0.4 is 0 Å². The van der Waals surface area contributed by atoms with Gasteiger partial charge in [-0.15, -0.1) is 0 Å². The van der Waals surface area contributed by atoms with Gasteiger partial charge in [-0.1, -0.05) is 43.3 Å². The van der Waals surface area contributed by atoms with Gasteiger partial charge in [-0.25, -0.2) is 0 Å². The minimum Gasteiger partial charge on any atom is -0.289 e. The van der Waals surface area contributed by atoms with E-state index in [2.05, 4.69) is 12.0 Å². The molecule has 0 amide bonds. The molecule has 1 aromatic carbocycles. The number of carbonyl (C=O) groups is 1. The molecule has 2 rings (SSSR count). The number of ketones is 1. The molecule has 4 heteroatoms. The van der Waals surface area contributed by atoms with E-state index in [-0.39, 0.29) is 5.78 Å². The monoisotopic (exact) mass is 302 g/mol. The van der Waals surface area contributed by atoms with Crippen LogP contribution in [0, 0.1) is 13.8 Å². The van der Waals surface area contributed by atoms with Crippen LogP contribution in [-0.4, -0.2) is 22.4 Å². The predicted octanol–water partition coefficient (Wildman–Crippen LogP) is 4.51. The molecule has 21 heavy (non-hydrogen) atoms. The third-order valence-corrected chi connectivity index (χ3v) is 4.53. The fraction of sp³-hybridized carbons (Fsp3) is 0.412. The second-order valence-electron chi connectivity index (χ2n) is 5.29. The molecule has 0 saturated heterocycles. The van der Waals surface area contributed by atoms with E-state index < -0.39 is 0 Å². The van der Waals surface area contributed by atoms with Crippen molar-refractivity contribution in [3.05, 3.63) is 46.0 Å². The average Bonchev–Trinajstić information content (AvgIpc) is 2.79. The van der Waals surface area contributed by atoms with Gasteiger partial charge in [0.15, 0.2) is 5.78 Å². The molecule has 0 bridgehead atoms. The van der Waals surface area contributed by atoms with Crippen LogP contribution in [0.1, 0.15) is 48.2 Å². The van der Waals surface area contributed by atoms with E-state index >= 15 is 0 Å². The molecule has 0 saturated carbocycles. The number of thioether (sulfide) groups is 1. The van der Waals surface area contributed by atoms with Crippen LogP contribution in [0.2, 0.25) is 0 Å². The maximum absolute atomic E-state index is 12.5. The van der Waals surface area contributed by atoms with Gasteiger partial charge in [0.25, 0.3) is 0 Å². The van der Waals surface area contributed by atoms with Crippen molar-refractivity contribution in [2.45, 2.75) is 40.5 Å². The zero-order chi connectivity index (χ0) is 15.4. The summed E-state index contributed by atoms with van der Waals surface area (Å²) in [4.78, 5) is 12.5. The SMILES string of the molecule is CCCCN1N=C(C)S/C1=C\C(=O)c1cccc(C)c1C. The Kier molecular flexibility index (Phi) is 5.23. The highest BCUT2D eigenvalue weighted by atomic mass is 32.2. The summed E-state index contributed by atoms with van der Waals surface area (Å²) in [7, 11) is 0. The molecule has 0 N–H and O–H groups in total. The van der Waals surface area contributed by atoms with Gasteiger partial charge in [-0.2, -0.15) is 5.10 Å². The maximum atomic E-state index is 12.5. The molecular formula is C17H22N2OS. The van der Waals surface area contributed by atoms with Crippen molar-refractivity contribution in [3.63, 3.8) is 0 Å². The van der Waals surface area contributed by atoms with Gasteiger partial charge in [-0.3, -0.25) is 9.80 Å². The zero-order valence-electron chi connectivity index (χ0n) is 13.1. The van der Waals surface area contributed by atoms with Gasteiger partial charge < -0.3 is 0 Å². The molecule has 1 heterocycles. The summed E-state index contributed by atoms with van der Waals surface area (Å²) in [5.41, 5.74) is 2.98. The van der Waals surface area contributed by atoms with Crippen LogP contribution in [0.4, 0.5) is 0 Å². The van der Waals surface area contributed by atoms with E-state index in [1.807, 2.05) is 44.0 Å². The summed E-state index contributed by atoms with van der Waals surface area (Å²) in [6.45, 7) is 9.04. The topological polar surface area (TPSA) is 32.7 Å². The first kappa shape index (κ1) is 15.8. The van der Waals surface area contributed by atoms with Crippen molar-refractivity contribution in [1.29, 1.82) is 0 Å². The molecule has 0 unspecified atom stereocenters. The van der Waals surface area contributed by atoms with Crippen LogP contribution in [-0.2, 0) is 0 Å². The first-order valence-corrected chi connectivity index (χ1v) is 8.17. The van der Waals surface area contributed by atoms with E-state index in [4.69, 9.17) is 0 Å². The fourth-order valence-electron chi connectivity index (χ4n) is 2.22. The predicted molar refractivity (Wildman–Crippen MR) is 90.6 cm³/mol. The molecule has 0 atom stereocenters. The normalized spacial score (nSPS) is 16.5. The highest BCUT2D eigenvalue weighted by Gasteiger charge is 2.20. The number of benzene rings is 1. The van der Waals surface area contributed by atoms with Crippen molar-refractivity contribution in [1.82, 2.24) is 5.01 Å². The Morgan fingerprint density at radius 1 is 1.33 bits per heavy atom. The molecule has 0 aromatic heterocycles. The Bertz CT molecular complexity index is 605. The molecule has 1 aliphatic rings. The number of nitrogens with zero attached hydrogens (tertiary/aromatic N) is 2. The highest BCUT2D eigenvalue weighted by molar-refractivity contribution is 8.17. The average molecular weight is 302 g/mol. The van der Waals surface area contributed by atoms with E-state index in [1.165, 1.54) is 0 Å². The minimum absolute atomic E-state index is 0.0603. The molecule has 3 nitrogen and oxygen atoms in total. The maximum Gasteiger partial charge on any atom is 0.188 e. The van der Waals surface area contributed by atoms with E-state index in [9.17, 15) is 4.79 Å². The number of hydrogen-bond acceptors (Lipinski definition) is 4. The third kappa shape index (κ3) is 3.76. The van der Waals surface area contributed by atoms with E-state index in [0.717, 1.165) is 46.1 Å². The highest BCUT2D eigenvalue weighted by Crippen LogP contribution is 2.30. The molecule has 0 radical (unpaired) electrons. The minimum atomic E-state index is 0.0603. The van der Waals surface area contributed by atoms with Crippen LogP contribution in [0.15, 0.2) is 34.4 Å². The van der Waals surface area contributed by atoms with Crippen molar-refractivity contribution >= 4 is 22.6 Å². The standard InChI is InChI=1S/C17H22N2OS/c1-5-6-10-19-17(21-14(4)18-19)11-16(20)15-9-7-8-12(2)13(15)3/h7-9,11H,5-6,10H2,1-4H3/b17-11-. The third-order valence-electron chi connectivity index (χ3n) is 3.62. The molecule has 112 valence electrons. The van der Waals surface area contributed by atoms with Crippen molar-refractivity contribution in [2.75, 3.05) is 6.54 Å². The van der Waals surface area contributed by atoms with E-state index in [1.54, 1.807) is 17.8 Å². The molecule has 1 aromatic rings. The van der Waals surface area contributed by atoms with Gasteiger partial charge in [0.1, 0.15) is 5.03 Å². The first-order valence-electron chi connectivity index (χ1n) is 7.35. The smallest absolute Gasteiger partial charge is 0.188 e. The summed E-state index contributed by atoms with van der Waals surface area (Å²) in [5.74, 6) is 0.0603. The van der Waals surface area contributed by atoms with Crippen LogP contribution >= 0.6 is 11.8 Å². The number of unbranched alkanes of at least 4 members (excludes halogenated alkanes) is 1. The molecule has 1 aliphatic heterocycles. The molecule has 0 spiro atoms. The van der Waals surface area contributed by atoms with Crippen LogP contribution in [0.3, 0.4) is 0 Å². The number of aryl methyl sites for hydroxylation is 1. The first-order chi connectivity index (χ1) is 10.0. The van der Waals surface area contributed by atoms with E-state index in [0.29, 0.717) is 0 Å². The van der Waals surface area contributed by atoms with Crippen molar-refractivity contribution in [3.8, 4) is 0 Å². The molecule has 0 fully saturated rings. The number of rotatable bonds is 5. The summed E-state index contributed by atoms with van der Waals surface area (Å²) in [5, 5.41) is 8.37. The number of hydrogen-bond donors (Lipinski definition) is 0.